The molecule has 0 aromatic carbocycles. The minimum Gasteiger partial charge on any atom is -0.481 e. The van der Waals surface area contributed by atoms with E-state index in [4.69, 9.17) is 15.1 Å². The number of carboxylic acid groups (broad SMARTS) is 1. The van der Waals surface area contributed by atoms with Crippen LogP contribution in [-0.2, 0) is 14.3 Å². The fourth-order valence-corrected chi connectivity index (χ4v) is 4.78. The van der Waals surface area contributed by atoms with Gasteiger partial charge in [0.15, 0.2) is 0 Å². The zero-order chi connectivity index (χ0) is 30.4. The lowest BCUT2D eigenvalue weighted by atomic mass is 10.1. The number of esters is 1. The molecule has 0 unspecified atom stereocenters. The van der Waals surface area contributed by atoms with Crippen molar-refractivity contribution in [2.45, 2.75) is 135 Å². The van der Waals surface area contributed by atoms with Gasteiger partial charge in [-0.3, -0.25) is 9.59 Å². The summed E-state index contributed by atoms with van der Waals surface area (Å²) in [6.07, 6.45) is 22.7. The highest BCUT2D eigenvalue weighted by atomic mass is 16.5. The number of aliphatic carboxylic acids is 1. The summed E-state index contributed by atoms with van der Waals surface area (Å²) in [4.78, 5) is 30.8. The van der Waals surface area contributed by atoms with Gasteiger partial charge in [0.2, 0.25) is 12.2 Å². The number of carbonyl (C=O) groups excluding carboxylic acids is 1. The maximum Gasteiger partial charge on any atom is 0.305 e. The Morgan fingerprint density at radius 2 is 1.27 bits per heavy atom. The van der Waals surface area contributed by atoms with Crippen molar-refractivity contribution in [3.05, 3.63) is 0 Å². The molecule has 0 rings (SSSR count). The molecule has 0 spiro atoms. The third-order valence-corrected chi connectivity index (χ3v) is 7.24. The molecule has 41 heavy (non-hydrogen) atoms. The number of hydrogen-bond donors (Lipinski definition) is 2. The highest BCUT2D eigenvalue weighted by molar-refractivity contribution is 5.80. The highest BCUT2D eigenvalue weighted by Crippen LogP contribution is 2.11. The summed E-state index contributed by atoms with van der Waals surface area (Å²) in [7, 11) is 3.73. The molecular weight excluding hydrogens is 518 g/mol. The molecule has 0 bridgehead atoms. The number of carboxylic acids is 1. The van der Waals surface area contributed by atoms with Gasteiger partial charge in [-0.25, -0.2) is 0 Å². The normalized spacial score (nSPS) is 11.4. The number of unbranched alkanes of at least 4 members (excludes halogenated alkanes) is 14. The lowest BCUT2D eigenvalue weighted by Crippen LogP contribution is -2.38. The topological polar surface area (TPSA) is 118 Å². The van der Waals surface area contributed by atoms with Crippen molar-refractivity contribution >= 4 is 17.9 Å². The van der Waals surface area contributed by atoms with Gasteiger partial charge < -0.3 is 25.0 Å². The van der Waals surface area contributed by atoms with Crippen LogP contribution < -0.4 is 5.32 Å². The van der Waals surface area contributed by atoms with Crippen molar-refractivity contribution < 1.29 is 19.4 Å². The molecule has 0 heterocycles. The van der Waals surface area contributed by atoms with Crippen LogP contribution >= 0.6 is 0 Å². The van der Waals surface area contributed by atoms with Gasteiger partial charge in [-0.15, -0.1) is 4.99 Å². The number of ether oxygens (including phenoxy) is 1. The Kier molecular flexibility index (Phi) is 27.5. The molecule has 0 saturated carbocycles. The molecule has 0 radical (unpaired) electrons. The lowest BCUT2D eigenvalue weighted by Gasteiger charge is -2.23. The monoisotopic (exact) mass is 579 g/mol. The molecule has 238 valence electrons. The quantitative estimate of drug-likeness (QED) is 0.0344. The number of guanidine groups is 1. The van der Waals surface area contributed by atoms with E-state index >= 15 is 0 Å². The Morgan fingerprint density at radius 1 is 0.756 bits per heavy atom. The number of nitrogens with zero attached hydrogens (tertiary/aromatic N) is 4. The number of rotatable bonds is 28. The molecule has 0 aliphatic carbocycles. The maximum absolute atomic E-state index is 12.0. The fourth-order valence-electron chi connectivity index (χ4n) is 4.78. The standard InChI is InChI=1S/C32H61N5O4/c1-4-5-6-7-8-15-20-28-41-31(40)23-17-12-10-14-19-26-37(25-18-13-9-11-16-22-30(38)39)27-21-24-34-32(35-29-33)36(2)3/h4-28H2,1-3H3,(H,34,35)(H,38,39). The van der Waals surface area contributed by atoms with Gasteiger partial charge in [-0.05, 0) is 58.2 Å². The summed E-state index contributed by atoms with van der Waals surface area (Å²) in [5.41, 5.74) is 0. The van der Waals surface area contributed by atoms with Crippen molar-refractivity contribution in [2.24, 2.45) is 4.99 Å². The smallest absolute Gasteiger partial charge is 0.305 e. The van der Waals surface area contributed by atoms with Crippen molar-refractivity contribution in [3.63, 3.8) is 0 Å². The van der Waals surface area contributed by atoms with Gasteiger partial charge in [-0.2, -0.15) is 5.26 Å². The second-order valence-electron chi connectivity index (χ2n) is 11.3. The summed E-state index contributed by atoms with van der Waals surface area (Å²) < 4.78 is 5.39. The first-order valence-corrected chi connectivity index (χ1v) is 16.4. The van der Waals surface area contributed by atoms with Crippen molar-refractivity contribution in [2.75, 3.05) is 46.9 Å². The van der Waals surface area contributed by atoms with Crippen LogP contribution in [0.4, 0.5) is 0 Å². The van der Waals surface area contributed by atoms with Gasteiger partial charge in [-0.1, -0.05) is 84.0 Å². The summed E-state index contributed by atoms with van der Waals surface area (Å²) >= 11 is 0. The first-order valence-electron chi connectivity index (χ1n) is 16.4. The van der Waals surface area contributed by atoms with E-state index in [1.54, 1.807) is 0 Å². The fraction of sp³-hybridized carbons (Fsp3) is 0.875. The van der Waals surface area contributed by atoms with E-state index in [0.717, 1.165) is 110 Å². The van der Waals surface area contributed by atoms with Crippen molar-refractivity contribution in [1.82, 2.24) is 15.1 Å². The average molecular weight is 580 g/mol. The number of nitriles is 1. The van der Waals surface area contributed by atoms with Crippen LogP contribution in [0.1, 0.15) is 135 Å². The molecule has 0 aromatic heterocycles. The van der Waals surface area contributed by atoms with Gasteiger partial charge in [0.05, 0.1) is 6.61 Å². The van der Waals surface area contributed by atoms with E-state index in [1.807, 2.05) is 25.2 Å². The maximum atomic E-state index is 12.0. The van der Waals surface area contributed by atoms with Crippen LogP contribution in [0, 0.1) is 11.5 Å². The SMILES string of the molecule is CCCCCCCCCOC(=O)CCCCCCCN(CCCCCCCC(=O)O)CCCN/C(=N/C#N)N(C)C. The van der Waals surface area contributed by atoms with E-state index in [9.17, 15) is 9.59 Å². The molecule has 0 amide bonds. The molecule has 0 fully saturated rings. The molecule has 0 atom stereocenters. The molecule has 0 saturated heterocycles. The number of aliphatic imine (C=N–C) groups is 1. The number of carbonyl (C=O) groups is 2. The molecule has 2 N–H and O–H groups in total. The molecule has 0 aromatic rings. The van der Waals surface area contributed by atoms with Crippen LogP contribution in [-0.4, -0.2) is 79.7 Å². The Hall–Kier alpha value is -2.34. The molecule has 0 aliphatic heterocycles. The van der Waals surface area contributed by atoms with Crippen molar-refractivity contribution in [1.29, 1.82) is 5.26 Å². The average Bonchev–Trinajstić information content (AvgIpc) is 2.94. The molecule has 9 nitrogen and oxygen atoms in total. The predicted molar refractivity (Wildman–Crippen MR) is 168 cm³/mol. The van der Waals surface area contributed by atoms with Crippen LogP contribution in [0.2, 0.25) is 0 Å². The van der Waals surface area contributed by atoms with Gasteiger partial charge in [0.1, 0.15) is 0 Å². The Labute approximate surface area is 251 Å². The third kappa shape index (κ3) is 27.6. The zero-order valence-corrected chi connectivity index (χ0v) is 26.6. The lowest BCUT2D eigenvalue weighted by molar-refractivity contribution is -0.144. The zero-order valence-electron chi connectivity index (χ0n) is 26.6. The van der Waals surface area contributed by atoms with Gasteiger partial charge >= 0.3 is 11.9 Å². The third-order valence-electron chi connectivity index (χ3n) is 7.24. The minimum atomic E-state index is -0.708. The number of hydrogen-bond acceptors (Lipinski definition) is 6. The second kappa shape index (κ2) is 29.2. The van der Waals surface area contributed by atoms with E-state index in [1.165, 1.54) is 32.1 Å². The Bertz CT molecular complexity index is 709. The minimum absolute atomic E-state index is 0.0454. The summed E-state index contributed by atoms with van der Waals surface area (Å²) in [6.45, 7) is 6.67. The highest BCUT2D eigenvalue weighted by Gasteiger charge is 2.07. The van der Waals surface area contributed by atoms with Crippen LogP contribution in [0.5, 0.6) is 0 Å². The summed E-state index contributed by atoms with van der Waals surface area (Å²) in [5, 5.41) is 20.9. The Morgan fingerprint density at radius 3 is 1.83 bits per heavy atom. The number of nitrogens with one attached hydrogen (secondary N) is 1. The Balaban J connectivity index is 4.09. The van der Waals surface area contributed by atoms with E-state index in [-0.39, 0.29) is 12.4 Å². The van der Waals surface area contributed by atoms with Crippen molar-refractivity contribution in [3.8, 4) is 6.19 Å². The second-order valence-corrected chi connectivity index (χ2v) is 11.3. The first kappa shape index (κ1) is 38.7. The van der Waals surface area contributed by atoms with Gasteiger partial charge in [0, 0.05) is 33.5 Å². The van der Waals surface area contributed by atoms with E-state index in [0.29, 0.717) is 19.0 Å². The first-order chi connectivity index (χ1) is 19.9. The van der Waals surface area contributed by atoms with Crippen LogP contribution in [0.25, 0.3) is 0 Å². The van der Waals surface area contributed by atoms with Crippen LogP contribution in [0.3, 0.4) is 0 Å². The summed E-state index contributed by atoms with van der Waals surface area (Å²) in [5.74, 6) is -0.168. The summed E-state index contributed by atoms with van der Waals surface area (Å²) in [6, 6.07) is 0. The van der Waals surface area contributed by atoms with Crippen LogP contribution in [0.15, 0.2) is 4.99 Å². The molecule has 9 heteroatoms. The molecule has 0 aliphatic rings. The van der Waals surface area contributed by atoms with E-state index in [2.05, 4.69) is 22.1 Å². The van der Waals surface area contributed by atoms with E-state index < -0.39 is 5.97 Å². The largest absolute Gasteiger partial charge is 0.481 e. The molecular formula is C32H61N5O4. The van der Waals surface area contributed by atoms with Gasteiger partial charge in [0.25, 0.3) is 0 Å². The predicted octanol–water partition coefficient (Wildman–Crippen LogP) is 6.73.